The van der Waals surface area contributed by atoms with E-state index < -0.39 is 106 Å². The molecule has 17 heteroatoms. The highest BCUT2D eigenvalue weighted by Crippen LogP contribution is 2.32. The molecule has 3 aliphatic rings. The maximum absolute atomic E-state index is 10.8. The van der Waals surface area contributed by atoms with Crippen LogP contribution in [0, 0.1) is 0 Å². The van der Waals surface area contributed by atoms with Gasteiger partial charge in [0.15, 0.2) is 18.7 Å². The monoisotopic (exact) mass is 601 g/mol. The van der Waals surface area contributed by atoms with E-state index in [0.717, 1.165) is 12.8 Å². The maximum atomic E-state index is 10.8. The van der Waals surface area contributed by atoms with Gasteiger partial charge in [-0.25, -0.2) is 0 Å². The van der Waals surface area contributed by atoms with Crippen LogP contribution in [0.25, 0.3) is 0 Å². The van der Waals surface area contributed by atoms with Crippen molar-refractivity contribution >= 4 is 0 Å². The van der Waals surface area contributed by atoms with Crippen LogP contribution in [0.15, 0.2) is 11.5 Å². The standard InChI is InChI=1S/C24H43NO16/c25-4-2-1-3-5-36-22-10(14(29)15(30)11(6-26)38-22)9-37-24-21(19(34)17(32)13(8-28)40-24)41-23-20(35)18(33)16(31)12(7-27)39-23/h11-21,23-24,26-35H,1-9,25H2/t11?,12?,13?,14?,15-,16-,17-,18?,19?,20?,21?,23+,24+/m1/s1. The molecule has 3 aliphatic heterocycles. The summed E-state index contributed by atoms with van der Waals surface area (Å²) < 4.78 is 33.4. The van der Waals surface area contributed by atoms with E-state index in [2.05, 4.69) is 0 Å². The van der Waals surface area contributed by atoms with Crippen LogP contribution in [0.5, 0.6) is 0 Å². The molecule has 0 bridgehead atoms. The maximum Gasteiger partial charge on any atom is 0.283 e. The van der Waals surface area contributed by atoms with Crippen LogP contribution in [0.3, 0.4) is 0 Å². The summed E-state index contributed by atoms with van der Waals surface area (Å²) in [6.07, 6.45) is -18.8. The molecular formula is C24H43NO16. The Morgan fingerprint density at radius 1 is 0.659 bits per heavy atom. The molecule has 0 aromatic carbocycles. The van der Waals surface area contributed by atoms with Crippen molar-refractivity contribution in [3.8, 4) is 0 Å². The molecule has 0 aliphatic carbocycles. The van der Waals surface area contributed by atoms with Crippen LogP contribution in [-0.4, -0.2) is 170 Å². The predicted octanol–water partition coefficient (Wildman–Crippen LogP) is -5.90. The fourth-order valence-corrected chi connectivity index (χ4v) is 4.66. The number of aliphatic hydroxyl groups is 10. The van der Waals surface area contributed by atoms with E-state index in [1.165, 1.54) is 0 Å². The van der Waals surface area contributed by atoms with Crippen LogP contribution in [0.1, 0.15) is 19.3 Å². The van der Waals surface area contributed by atoms with Gasteiger partial charge < -0.3 is 85.2 Å². The normalized spacial score (nSPS) is 41.8. The second kappa shape index (κ2) is 16.0. The van der Waals surface area contributed by atoms with Gasteiger partial charge in [0, 0.05) is 0 Å². The Bertz CT molecular complexity index is 819. The minimum Gasteiger partial charge on any atom is -0.465 e. The molecule has 0 aromatic rings. The van der Waals surface area contributed by atoms with Crippen LogP contribution in [-0.2, 0) is 28.4 Å². The van der Waals surface area contributed by atoms with Crippen molar-refractivity contribution in [2.75, 3.05) is 39.6 Å². The van der Waals surface area contributed by atoms with E-state index >= 15 is 0 Å². The van der Waals surface area contributed by atoms with Gasteiger partial charge in [-0.1, -0.05) is 0 Å². The van der Waals surface area contributed by atoms with Gasteiger partial charge in [0.2, 0.25) is 0 Å². The Balaban J connectivity index is 1.80. The first-order valence-corrected chi connectivity index (χ1v) is 13.5. The highest BCUT2D eigenvalue weighted by molar-refractivity contribution is 5.17. The minimum atomic E-state index is -1.85. The second-order valence-electron chi connectivity index (χ2n) is 10.1. The quantitative estimate of drug-likeness (QED) is 0.0826. The summed E-state index contributed by atoms with van der Waals surface area (Å²) in [6, 6.07) is 0. The average molecular weight is 602 g/mol. The third kappa shape index (κ3) is 8.02. The molecule has 13 atom stereocenters. The third-order valence-corrected chi connectivity index (χ3v) is 7.21. The summed E-state index contributed by atoms with van der Waals surface area (Å²) in [4.78, 5) is 0. The predicted molar refractivity (Wildman–Crippen MR) is 132 cm³/mol. The molecule has 240 valence electrons. The van der Waals surface area contributed by atoms with Gasteiger partial charge in [-0.05, 0) is 25.8 Å². The van der Waals surface area contributed by atoms with Crippen molar-refractivity contribution < 1.29 is 79.5 Å². The third-order valence-electron chi connectivity index (χ3n) is 7.21. The number of hydrogen-bond donors (Lipinski definition) is 11. The Kier molecular flexibility index (Phi) is 13.4. The van der Waals surface area contributed by atoms with Crippen LogP contribution in [0.2, 0.25) is 0 Å². The van der Waals surface area contributed by atoms with Gasteiger partial charge in [-0.3, -0.25) is 0 Å². The minimum absolute atomic E-state index is 0.0858. The number of rotatable bonds is 14. The van der Waals surface area contributed by atoms with Crippen molar-refractivity contribution in [2.24, 2.45) is 5.73 Å². The lowest BCUT2D eigenvalue weighted by atomic mass is 9.97. The molecule has 2 fully saturated rings. The topological polar surface area (TPSA) is 284 Å². The molecule has 0 saturated carbocycles. The van der Waals surface area contributed by atoms with Crippen LogP contribution in [0.4, 0.5) is 0 Å². The second-order valence-corrected chi connectivity index (χ2v) is 10.1. The van der Waals surface area contributed by atoms with Crippen molar-refractivity contribution in [3.05, 3.63) is 11.5 Å². The first-order valence-electron chi connectivity index (χ1n) is 13.5. The zero-order valence-electron chi connectivity index (χ0n) is 22.4. The SMILES string of the molecule is NCCCCCOC1=C(CO[C@H]2OC(CO)[C@@H](O)C(O)C2O[C@@H]2OC(CO)[C@@H](O)C(O)C2O)C(O)[C@H](O)C(CO)O1. The van der Waals surface area contributed by atoms with Crippen LogP contribution >= 0.6 is 0 Å². The van der Waals surface area contributed by atoms with E-state index in [9.17, 15) is 51.1 Å². The highest BCUT2D eigenvalue weighted by Gasteiger charge is 2.51. The molecule has 41 heavy (non-hydrogen) atoms. The fourth-order valence-electron chi connectivity index (χ4n) is 4.66. The number of unbranched alkanes of at least 4 members (excludes halogenated alkanes) is 2. The van der Waals surface area contributed by atoms with Gasteiger partial charge in [0.1, 0.15) is 61.0 Å². The van der Waals surface area contributed by atoms with Crippen molar-refractivity contribution in [2.45, 2.75) is 99.0 Å². The van der Waals surface area contributed by atoms with Crippen molar-refractivity contribution in [1.82, 2.24) is 0 Å². The van der Waals surface area contributed by atoms with E-state index in [4.69, 9.17) is 34.2 Å². The number of nitrogens with two attached hydrogens (primary N) is 1. The molecule has 12 N–H and O–H groups in total. The van der Waals surface area contributed by atoms with E-state index in [0.29, 0.717) is 13.0 Å². The van der Waals surface area contributed by atoms with Gasteiger partial charge in [0.05, 0.1) is 38.6 Å². The smallest absolute Gasteiger partial charge is 0.283 e. The van der Waals surface area contributed by atoms with Gasteiger partial charge in [0.25, 0.3) is 5.95 Å². The van der Waals surface area contributed by atoms with E-state index in [1.807, 2.05) is 0 Å². The summed E-state index contributed by atoms with van der Waals surface area (Å²) in [6.45, 7) is -2.03. The Morgan fingerprint density at radius 2 is 1.27 bits per heavy atom. The summed E-state index contributed by atoms with van der Waals surface area (Å²) in [5.74, 6) is -0.212. The van der Waals surface area contributed by atoms with E-state index in [1.54, 1.807) is 0 Å². The first kappa shape index (κ1) is 34.2. The average Bonchev–Trinajstić information content (AvgIpc) is 2.97. The lowest BCUT2D eigenvalue weighted by molar-refractivity contribution is -0.366. The molecule has 17 nitrogen and oxygen atoms in total. The van der Waals surface area contributed by atoms with Crippen molar-refractivity contribution in [3.63, 3.8) is 0 Å². The largest absolute Gasteiger partial charge is 0.465 e. The molecule has 3 rings (SSSR count). The van der Waals surface area contributed by atoms with Gasteiger partial charge in [-0.15, -0.1) is 0 Å². The number of hydrogen-bond acceptors (Lipinski definition) is 17. The molecule has 0 spiro atoms. The highest BCUT2D eigenvalue weighted by atomic mass is 16.8. The molecule has 8 unspecified atom stereocenters. The zero-order chi connectivity index (χ0) is 30.3. The number of aliphatic hydroxyl groups excluding tert-OH is 10. The van der Waals surface area contributed by atoms with E-state index in [-0.39, 0.29) is 18.1 Å². The Labute approximate surface area is 235 Å². The summed E-state index contributed by atoms with van der Waals surface area (Å²) in [5.41, 5.74) is 5.41. The van der Waals surface area contributed by atoms with Gasteiger partial charge in [-0.2, -0.15) is 0 Å². The molecule has 0 radical (unpaired) electrons. The van der Waals surface area contributed by atoms with Crippen molar-refractivity contribution in [1.29, 1.82) is 0 Å². The molecule has 0 amide bonds. The molecule has 3 heterocycles. The first-order chi connectivity index (χ1) is 19.6. The summed E-state index contributed by atoms with van der Waals surface area (Å²) in [7, 11) is 0. The molecule has 0 aromatic heterocycles. The summed E-state index contributed by atoms with van der Waals surface area (Å²) in [5, 5.41) is 101. The Hall–Kier alpha value is -1.26. The lowest BCUT2D eigenvalue weighted by Gasteiger charge is -2.46. The van der Waals surface area contributed by atoms with Crippen LogP contribution < -0.4 is 5.73 Å². The zero-order valence-corrected chi connectivity index (χ0v) is 22.4. The molecule has 2 saturated heterocycles. The number of ether oxygens (including phenoxy) is 6. The lowest BCUT2D eigenvalue weighted by Crippen LogP contribution is -2.64. The Morgan fingerprint density at radius 3 is 1.88 bits per heavy atom. The summed E-state index contributed by atoms with van der Waals surface area (Å²) >= 11 is 0. The fraction of sp³-hybridized carbons (Fsp3) is 0.917. The van der Waals surface area contributed by atoms with Gasteiger partial charge >= 0.3 is 0 Å². The molecular weight excluding hydrogens is 558 g/mol.